The Labute approximate surface area is 132 Å². The largest absolute Gasteiger partial charge is 0.506 e. The van der Waals surface area contributed by atoms with Crippen molar-refractivity contribution in [1.82, 2.24) is 4.90 Å². The molecule has 0 bridgehead atoms. The predicted molar refractivity (Wildman–Crippen MR) is 85.2 cm³/mol. The monoisotopic (exact) mass is 360 g/mol. The van der Waals surface area contributed by atoms with Gasteiger partial charge in [-0.05, 0) is 34.5 Å². The number of ether oxygens (including phenoxy) is 1. The first-order valence-electron chi connectivity index (χ1n) is 6.65. The minimum absolute atomic E-state index is 0.173. The molecule has 1 aromatic rings. The Kier molecular flexibility index (Phi) is 6.29. The summed E-state index contributed by atoms with van der Waals surface area (Å²) in [5.74, 6) is 0.173. The van der Waals surface area contributed by atoms with Gasteiger partial charge in [0.05, 0.1) is 17.7 Å². The van der Waals surface area contributed by atoms with Crippen LogP contribution in [0.2, 0.25) is 5.02 Å². The second-order valence-electron chi connectivity index (χ2n) is 4.67. The van der Waals surface area contributed by atoms with Crippen molar-refractivity contribution < 1.29 is 9.84 Å². The molecule has 110 valence electrons. The first kappa shape index (κ1) is 15.8. The van der Waals surface area contributed by atoms with Crippen LogP contribution in [0.1, 0.15) is 12.0 Å². The van der Waals surface area contributed by atoms with E-state index >= 15 is 0 Å². The Hall–Kier alpha value is -0.620. The number of morpholine rings is 1. The van der Waals surface area contributed by atoms with Gasteiger partial charge in [-0.3, -0.25) is 9.89 Å². The molecule has 0 unspecified atom stereocenters. The van der Waals surface area contributed by atoms with Crippen molar-refractivity contribution in [3.8, 4) is 5.75 Å². The van der Waals surface area contributed by atoms with Gasteiger partial charge in [-0.25, -0.2) is 0 Å². The van der Waals surface area contributed by atoms with E-state index in [0.29, 0.717) is 15.1 Å². The standard InChI is InChI=1S/C14H18BrClN2O2/c15-13-9-12(16)8-11(14(13)19)10-17-2-1-3-18-4-6-20-7-5-18/h8-10,19H,1-7H2. The third-order valence-corrected chi connectivity index (χ3v) is 3.98. The number of hydrogen-bond acceptors (Lipinski definition) is 4. The zero-order chi connectivity index (χ0) is 14.4. The summed E-state index contributed by atoms with van der Waals surface area (Å²) in [6, 6.07) is 3.36. The van der Waals surface area contributed by atoms with Crippen LogP contribution in [0.4, 0.5) is 0 Å². The van der Waals surface area contributed by atoms with E-state index in [1.165, 1.54) is 0 Å². The van der Waals surface area contributed by atoms with Crippen molar-refractivity contribution in [2.24, 2.45) is 4.99 Å². The molecule has 1 heterocycles. The summed E-state index contributed by atoms with van der Waals surface area (Å²) in [6.45, 7) is 5.44. The van der Waals surface area contributed by atoms with Gasteiger partial charge in [0.15, 0.2) is 0 Å². The van der Waals surface area contributed by atoms with Crippen molar-refractivity contribution >= 4 is 33.7 Å². The number of nitrogens with zero attached hydrogens (tertiary/aromatic N) is 2. The van der Waals surface area contributed by atoms with Crippen LogP contribution < -0.4 is 0 Å². The minimum Gasteiger partial charge on any atom is -0.506 e. The normalized spacial score (nSPS) is 16.9. The molecule has 4 nitrogen and oxygen atoms in total. The molecule has 1 aromatic carbocycles. The maximum atomic E-state index is 9.86. The van der Waals surface area contributed by atoms with E-state index in [4.69, 9.17) is 16.3 Å². The van der Waals surface area contributed by atoms with Crippen molar-refractivity contribution in [1.29, 1.82) is 0 Å². The Bertz CT molecular complexity index is 476. The van der Waals surface area contributed by atoms with Crippen molar-refractivity contribution in [3.05, 3.63) is 27.2 Å². The van der Waals surface area contributed by atoms with Crippen molar-refractivity contribution in [2.45, 2.75) is 6.42 Å². The fourth-order valence-corrected chi connectivity index (χ4v) is 2.89. The van der Waals surface area contributed by atoms with E-state index in [9.17, 15) is 5.11 Å². The Balaban J connectivity index is 1.78. The van der Waals surface area contributed by atoms with Crippen LogP contribution in [-0.4, -0.2) is 55.6 Å². The number of aliphatic imine (C=N–C) groups is 1. The van der Waals surface area contributed by atoms with Gasteiger partial charge in [0.2, 0.25) is 0 Å². The summed E-state index contributed by atoms with van der Waals surface area (Å²) in [6.07, 6.45) is 2.67. The van der Waals surface area contributed by atoms with Crippen LogP contribution in [0.5, 0.6) is 5.75 Å². The Morgan fingerprint density at radius 1 is 1.40 bits per heavy atom. The average molecular weight is 362 g/mol. The van der Waals surface area contributed by atoms with E-state index < -0.39 is 0 Å². The first-order chi connectivity index (χ1) is 9.66. The van der Waals surface area contributed by atoms with E-state index in [2.05, 4.69) is 25.8 Å². The third kappa shape index (κ3) is 4.74. The third-order valence-electron chi connectivity index (χ3n) is 3.15. The molecule has 0 spiro atoms. The first-order valence-corrected chi connectivity index (χ1v) is 7.82. The zero-order valence-electron chi connectivity index (χ0n) is 11.2. The summed E-state index contributed by atoms with van der Waals surface area (Å²) < 4.78 is 5.89. The molecule has 0 aliphatic carbocycles. The smallest absolute Gasteiger partial charge is 0.138 e. The molecule has 0 radical (unpaired) electrons. The molecule has 0 aromatic heterocycles. The SMILES string of the molecule is Oc1c(Br)cc(Cl)cc1C=NCCCN1CCOCC1. The number of halogens is 2. The van der Waals surface area contributed by atoms with Crippen LogP contribution in [0, 0.1) is 0 Å². The van der Waals surface area contributed by atoms with E-state index in [0.717, 1.165) is 45.8 Å². The van der Waals surface area contributed by atoms with Crippen LogP contribution in [0.15, 0.2) is 21.6 Å². The molecule has 1 aliphatic rings. The molecule has 6 heteroatoms. The van der Waals surface area contributed by atoms with Gasteiger partial charge in [0.25, 0.3) is 0 Å². The molecule has 0 amide bonds. The lowest BCUT2D eigenvalue weighted by Gasteiger charge is -2.26. The average Bonchev–Trinajstić information content (AvgIpc) is 2.44. The molecule has 0 atom stereocenters. The Morgan fingerprint density at radius 3 is 2.90 bits per heavy atom. The highest BCUT2D eigenvalue weighted by molar-refractivity contribution is 9.10. The summed E-state index contributed by atoms with van der Waals surface area (Å²) in [7, 11) is 0. The molecule has 1 N–H and O–H groups in total. The van der Waals surface area contributed by atoms with Gasteiger partial charge in [0, 0.05) is 43.0 Å². The number of hydrogen-bond donors (Lipinski definition) is 1. The number of phenols is 1. The molecule has 1 saturated heterocycles. The van der Waals surface area contributed by atoms with Gasteiger partial charge in [-0.15, -0.1) is 0 Å². The summed E-state index contributed by atoms with van der Waals surface area (Å²) in [5.41, 5.74) is 0.635. The van der Waals surface area contributed by atoms with E-state index in [1.54, 1.807) is 18.3 Å². The van der Waals surface area contributed by atoms with Gasteiger partial charge < -0.3 is 9.84 Å². The van der Waals surface area contributed by atoms with Crippen LogP contribution in [-0.2, 0) is 4.74 Å². The lowest BCUT2D eigenvalue weighted by atomic mass is 10.2. The minimum atomic E-state index is 0.173. The van der Waals surface area contributed by atoms with Crippen LogP contribution in [0.25, 0.3) is 0 Å². The maximum absolute atomic E-state index is 9.86. The summed E-state index contributed by atoms with van der Waals surface area (Å²) >= 11 is 9.20. The highest BCUT2D eigenvalue weighted by Gasteiger charge is 2.09. The molecule has 1 aliphatic heterocycles. The molecule has 2 rings (SSSR count). The lowest BCUT2D eigenvalue weighted by molar-refractivity contribution is 0.0377. The van der Waals surface area contributed by atoms with Crippen molar-refractivity contribution in [2.75, 3.05) is 39.4 Å². The second-order valence-corrected chi connectivity index (χ2v) is 5.96. The van der Waals surface area contributed by atoms with Gasteiger partial charge in [-0.2, -0.15) is 0 Å². The molecular weight excluding hydrogens is 344 g/mol. The molecule has 1 fully saturated rings. The van der Waals surface area contributed by atoms with Crippen LogP contribution in [0.3, 0.4) is 0 Å². The summed E-state index contributed by atoms with van der Waals surface area (Å²) in [5, 5.41) is 10.4. The van der Waals surface area contributed by atoms with Gasteiger partial charge >= 0.3 is 0 Å². The fraction of sp³-hybridized carbons (Fsp3) is 0.500. The number of aromatic hydroxyl groups is 1. The number of benzene rings is 1. The van der Waals surface area contributed by atoms with E-state index in [1.807, 2.05) is 0 Å². The number of phenolic OH excluding ortho intramolecular Hbond substituents is 1. The zero-order valence-corrected chi connectivity index (χ0v) is 13.5. The van der Waals surface area contributed by atoms with Gasteiger partial charge in [0.1, 0.15) is 5.75 Å². The van der Waals surface area contributed by atoms with E-state index in [-0.39, 0.29) is 5.75 Å². The topological polar surface area (TPSA) is 45.1 Å². The second kappa shape index (κ2) is 7.98. The van der Waals surface area contributed by atoms with Gasteiger partial charge in [-0.1, -0.05) is 11.6 Å². The molecule has 20 heavy (non-hydrogen) atoms. The Morgan fingerprint density at radius 2 is 2.15 bits per heavy atom. The fourth-order valence-electron chi connectivity index (χ4n) is 2.06. The van der Waals surface area contributed by atoms with Crippen molar-refractivity contribution in [3.63, 3.8) is 0 Å². The molecular formula is C14H18BrClN2O2. The molecule has 0 saturated carbocycles. The van der Waals surface area contributed by atoms with Crippen LogP contribution >= 0.6 is 27.5 Å². The predicted octanol–water partition coefficient (Wildman–Crippen LogP) is 2.95. The lowest BCUT2D eigenvalue weighted by Crippen LogP contribution is -2.37. The maximum Gasteiger partial charge on any atom is 0.138 e. The highest BCUT2D eigenvalue weighted by Crippen LogP contribution is 2.30. The highest BCUT2D eigenvalue weighted by atomic mass is 79.9. The quantitative estimate of drug-likeness (QED) is 0.648. The summed E-state index contributed by atoms with van der Waals surface area (Å²) in [4.78, 5) is 6.73. The number of rotatable bonds is 5.